The third-order valence-electron chi connectivity index (χ3n) is 6.78. The zero-order chi connectivity index (χ0) is 27.2. The minimum atomic E-state index is -4.80. The molecule has 0 aliphatic heterocycles. The van der Waals surface area contributed by atoms with Gasteiger partial charge in [0.25, 0.3) is 10.1 Å². The Bertz CT molecular complexity index is 676. The maximum absolute atomic E-state index is 12.6. The maximum atomic E-state index is 12.6. The van der Waals surface area contributed by atoms with Gasteiger partial charge in [0.1, 0.15) is 0 Å². The molecule has 0 fully saturated rings. The molecule has 0 rings (SSSR count). The minimum Gasteiger partial charge on any atom is -1.00 e. The Kier molecular flexibility index (Phi) is 26.2. The molecule has 0 aromatic heterocycles. The van der Waals surface area contributed by atoms with Gasteiger partial charge in [0.2, 0.25) is 0 Å². The van der Waals surface area contributed by atoms with E-state index in [2.05, 4.69) is 27.7 Å². The Morgan fingerprint density at radius 2 is 1.08 bits per heavy atom. The van der Waals surface area contributed by atoms with Gasteiger partial charge in [-0.25, -0.2) is 0 Å². The fourth-order valence-electron chi connectivity index (χ4n) is 4.35. The molecule has 0 aliphatic rings. The average Bonchev–Trinajstić information content (AvgIpc) is 2.84. The summed E-state index contributed by atoms with van der Waals surface area (Å²) < 4.78 is 44.1. The van der Waals surface area contributed by atoms with Crippen LogP contribution in [0.5, 0.6) is 0 Å². The molecule has 0 saturated heterocycles. The number of rotatable bonds is 24. The van der Waals surface area contributed by atoms with Gasteiger partial charge in [0.15, 0.2) is 5.25 Å². The normalized spacial score (nSPS) is 13.9. The number of ether oxygens (including phenoxy) is 2. The Morgan fingerprint density at radius 1 is 0.676 bits per heavy atom. The molecule has 0 spiro atoms. The van der Waals surface area contributed by atoms with Crippen LogP contribution in [0.25, 0.3) is 0 Å². The van der Waals surface area contributed by atoms with Crippen LogP contribution in [0, 0.1) is 11.8 Å². The summed E-state index contributed by atoms with van der Waals surface area (Å²) in [6.45, 7) is 8.82. The zero-order valence-corrected chi connectivity index (χ0v) is 27.3. The molecule has 0 radical (unpaired) electrons. The maximum Gasteiger partial charge on any atom is 1.00 e. The first-order chi connectivity index (χ1) is 17.2. The summed E-state index contributed by atoms with van der Waals surface area (Å²) in [5.74, 6) is -1.51. The van der Waals surface area contributed by atoms with E-state index in [0.29, 0.717) is 0 Å². The number of hydrogen-bond acceptors (Lipinski definition) is 6. The second kappa shape index (κ2) is 24.9. The summed E-state index contributed by atoms with van der Waals surface area (Å²) in [6, 6.07) is 0. The van der Waals surface area contributed by atoms with Gasteiger partial charge < -0.3 is 10.9 Å². The van der Waals surface area contributed by atoms with Gasteiger partial charge in [-0.3, -0.25) is 14.1 Å². The fourth-order valence-corrected chi connectivity index (χ4v) is 5.01. The van der Waals surface area contributed by atoms with Crippen molar-refractivity contribution in [3.63, 3.8) is 0 Å². The molecule has 0 saturated carbocycles. The topological polar surface area (TPSA) is 107 Å². The van der Waals surface area contributed by atoms with Crippen LogP contribution in [0.2, 0.25) is 0 Å². The van der Waals surface area contributed by atoms with Crippen molar-refractivity contribution in [2.24, 2.45) is 11.8 Å². The fraction of sp³-hybridized carbons (Fsp3) is 0.929. The SMILES string of the molecule is CCCCCCC(CCCC)COC(=O)CC(C(=O)OCC(CCCC)CCCCCC)S(=O)(=O)O.[H-].[Na+]. The van der Waals surface area contributed by atoms with Crippen molar-refractivity contribution in [2.45, 2.75) is 142 Å². The molecular formula is C28H55NaO7S. The van der Waals surface area contributed by atoms with Crippen LogP contribution in [0.15, 0.2) is 0 Å². The second-order valence-electron chi connectivity index (χ2n) is 10.2. The van der Waals surface area contributed by atoms with Gasteiger partial charge in [-0.1, -0.05) is 105 Å². The molecule has 0 bridgehead atoms. The van der Waals surface area contributed by atoms with E-state index in [9.17, 15) is 22.6 Å². The van der Waals surface area contributed by atoms with E-state index in [0.717, 1.165) is 96.3 Å². The van der Waals surface area contributed by atoms with Crippen LogP contribution in [-0.2, 0) is 29.2 Å². The first-order valence-electron chi connectivity index (χ1n) is 14.5. The van der Waals surface area contributed by atoms with E-state index in [-0.39, 0.29) is 56.0 Å². The van der Waals surface area contributed by atoms with Crippen molar-refractivity contribution < 1.29 is 63.0 Å². The van der Waals surface area contributed by atoms with Crippen LogP contribution in [0.1, 0.15) is 138 Å². The number of carbonyl (C=O) groups excluding carboxylic acids is 2. The van der Waals surface area contributed by atoms with Crippen LogP contribution < -0.4 is 29.6 Å². The van der Waals surface area contributed by atoms with Gasteiger partial charge in [-0.2, -0.15) is 8.42 Å². The second-order valence-corrected chi connectivity index (χ2v) is 11.8. The van der Waals surface area contributed by atoms with Gasteiger partial charge in [-0.15, -0.1) is 0 Å². The number of hydrogen-bond donors (Lipinski definition) is 1. The molecule has 7 nitrogen and oxygen atoms in total. The van der Waals surface area contributed by atoms with Crippen molar-refractivity contribution in [1.29, 1.82) is 0 Å². The van der Waals surface area contributed by atoms with E-state index < -0.39 is 33.7 Å². The molecule has 0 heterocycles. The van der Waals surface area contributed by atoms with Crippen LogP contribution in [0.4, 0.5) is 0 Å². The molecule has 0 aromatic rings. The number of esters is 2. The van der Waals surface area contributed by atoms with Crippen LogP contribution >= 0.6 is 0 Å². The summed E-state index contributed by atoms with van der Waals surface area (Å²) in [5.41, 5.74) is 0. The minimum absolute atomic E-state index is 0. The smallest absolute Gasteiger partial charge is 1.00 e. The molecule has 216 valence electrons. The van der Waals surface area contributed by atoms with Gasteiger partial charge in [0, 0.05) is 0 Å². The summed E-state index contributed by atoms with van der Waals surface area (Å²) in [4.78, 5) is 25.0. The van der Waals surface area contributed by atoms with Crippen molar-refractivity contribution in [2.75, 3.05) is 13.2 Å². The predicted octanol–water partition coefficient (Wildman–Crippen LogP) is 4.39. The Morgan fingerprint density at radius 3 is 1.49 bits per heavy atom. The van der Waals surface area contributed by atoms with Gasteiger partial charge in [-0.05, 0) is 37.5 Å². The third kappa shape index (κ3) is 21.4. The first-order valence-corrected chi connectivity index (χ1v) is 16.0. The van der Waals surface area contributed by atoms with E-state index in [1.165, 1.54) is 6.42 Å². The van der Waals surface area contributed by atoms with E-state index >= 15 is 0 Å². The summed E-state index contributed by atoms with van der Waals surface area (Å²) in [6.07, 6.45) is 16.1. The monoisotopic (exact) mass is 558 g/mol. The van der Waals surface area contributed by atoms with Crippen molar-refractivity contribution in [3.05, 3.63) is 0 Å². The quantitative estimate of drug-likeness (QED) is 0.0810. The molecule has 0 aromatic carbocycles. The molecular weight excluding hydrogens is 503 g/mol. The number of unbranched alkanes of at least 4 members (excludes halogenated alkanes) is 8. The Labute approximate surface area is 251 Å². The van der Waals surface area contributed by atoms with E-state index in [1.54, 1.807) is 0 Å². The van der Waals surface area contributed by atoms with E-state index in [4.69, 9.17) is 9.47 Å². The van der Waals surface area contributed by atoms with Gasteiger partial charge >= 0.3 is 41.5 Å². The van der Waals surface area contributed by atoms with Crippen LogP contribution in [0.3, 0.4) is 0 Å². The summed E-state index contributed by atoms with van der Waals surface area (Å²) >= 11 is 0. The summed E-state index contributed by atoms with van der Waals surface area (Å²) in [7, 11) is -4.80. The average molecular weight is 559 g/mol. The van der Waals surface area contributed by atoms with Crippen molar-refractivity contribution >= 4 is 22.1 Å². The standard InChI is InChI=1S/C28H54O7S.Na.H/c1-5-9-13-15-19-24(17-11-7-3)22-34-27(29)21-26(36(31,32)33)28(30)35-23-25(18-12-8-4)20-16-14-10-6-2;;/h24-26H,5-23H2,1-4H3,(H,31,32,33);;/q;+1;-1. The zero-order valence-electron chi connectivity index (χ0n) is 25.5. The molecule has 9 heteroatoms. The van der Waals surface area contributed by atoms with Crippen molar-refractivity contribution in [1.82, 2.24) is 0 Å². The van der Waals surface area contributed by atoms with Crippen molar-refractivity contribution in [3.8, 4) is 0 Å². The number of carbonyl (C=O) groups is 2. The molecule has 3 unspecified atom stereocenters. The molecule has 0 aliphatic carbocycles. The summed E-state index contributed by atoms with van der Waals surface area (Å²) in [5, 5.41) is -1.95. The largest absolute Gasteiger partial charge is 1.00 e. The third-order valence-corrected chi connectivity index (χ3v) is 7.86. The molecule has 3 atom stereocenters. The Balaban J connectivity index is -0.00000612. The molecule has 1 N–H and O–H groups in total. The predicted molar refractivity (Wildman–Crippen MR) is 147 cm³/mol. The Hall–Kier alpha value is -0.150. The van der Waals surface area contributed by atoms with Gasteiger partial charge in [0.05, 0.1) is 19.6 Å². The molecule has 0 amide bonds. The van der Waals surface area contributed by atoms with Crippen LogP contribution in [-0.4, -0.2) is 43.4 Å². The first kappa shape index (κ1) is 39.0. The van der Waals surface area contributed by atoms with E-state index in [1.807, 2.05) is 0 Å². The molecule has 37 heavy (non-hydrogen) atoms.